The fourth-order valence-corrected chi connectivity index (χ4v) is 3.44. The van der Waals surface area contributed by atoms with Crippen LogP contribution in [0.5, 0.6) is 0 Å². The van der Waals surface area contributed by atoms with Gasteiger partial charge in [0.25, 0.3) is 0 Å². The van der Waals surface area contributed by atoms with Gasteiger partial charge in [-0.2, -0.15) is 0 Å². The maximum atomic E-state index is 11.5. The Labute approximate surface area is 129 Å². The summed E-state index contributed by atoms with van der Waals surface area (Å²) in [5.74, 6) is 0. The number of nitrogens with two attached hydrogens (primary N) is 1. The molecule has 2 aromatic rings. The van der Waals surface area contributed by atoms with Crippen LogP contribution in [0.3, 0.4) is 0 Å². The average molecular weight is 326 g/mol. The van der Waals surface area contributed by atoms with Crippen LogP contribution in [0.2, 0.25) is 5.02 Å². The van der Waals surface area contributed by atoms with E-state index in [1.165, 1.54) is 0 Å². The number of halogens is 1. The molecule has 0 aliphatic rings. The first-order chi connectivity index (χ1) is 9.75. The van der Waals surface area contributed by atoms with Crippen LogP contribution in [0.15, 0.2) is 35.2 Å². The Morgan fingerprint density at radius 1 is 1.14 bits per heavy atom. The van der Waals surface area contributed by atoms with Crippen LogP contribution in [0, 0.1) is 13.8 Å². The molecule has 2 rings (SSSR count). The van der Waals surface area contributed by atoms with Gasteiger partial charge < -0.3 is 5.11 Å². The van der Waals surface area contributed by atoms with E-state index in [1.54, 1.807) is 38.1 Å². The van der Waals surface area contributed by atoms with Crippen molar-refractivity contribution < 1.29 is 13.5 Å². The highest BCUT2D eigenvalue weighted by atomic mass is 35.5. The summed E-state index contributed by atoms with van der Waals surface area (Å²) in [6, 6.07) is 8.63. The van der Waals surface area contributed by atoms with Gasteiger partial charge in [-0.1, -0.05) is 23.7 Å². The number of primary sulfonamides is 1. The molecule has 0 amide bonds. The number of rotatable bonds is 3. The maximum absolute atomic E-state index is 11.5. The van der Waals surface area contributed by atoms with Crippen LogP contribution in [-0.2, 0) is 16.6 Å². The number of hydrogen-bond donors (Lipinski definition) is 2. The van der Waals surface area contributed by atoms with Crippen LogP contribution < -0.4 is 5.14 Å². The van der Waals surface area contributed by atoms with Gasteiger partial charge in [-0.05, 0) is 54.3 Å². The summed E-state index contributed by atoms with van der Waals surface area (Å²) < 4.78 is 23.1. The Morgan fingerprint density at radius 3 is 2.38 bits per heavy atom. The van der Waals surface area contributed by atoms with Gasteiger partial charge in [0.05, 0.1) is 11.5 Å². The largest absolute Gasteiger partial charge is 0.392 e. The highest BCUT2D eigenvalue weighted by Crippen LogP contribution is 2.33. The Morgan fingerprint density at radius 2 is 1.81 bits per heavy atom. The molecule has 0 radical (unpaired) electrons. The Balaban J connectivity index is 2.73. The van der Waals surface area contributed by atoms with Gasteiger partial charge in [-0.25, -0.2) is 13.6 Å². The van der Waals surface area contributed by atoms with Gasteiger partial charge in [0.15, 0.2) is 0 Å². The predicted octanol–water partition coefficient (Wildman–Crippen LogP) is 2.76. The fraction of sp³-hybridized carbons (Fsp3) is 0.200. The van der Waals surface area contributed by atoms with E-state index in [1.807, 2.05) is 6.07 Å². The first-order valence-corrected chi connectivity index (χ1v) is 8.20. The van der Waals surface area contributed by atoms with Crippen molar-refractivity contribution >= 4 is 21.6 Å². The van der Waals surface area contributed by atoms with E-state index in [4.69, 9.17) is 16.7 Å². The topological polar surface area (TPSA) is 80.4 Å². The number of sulfonamides is 1. The summed E-state index contributed by atoms with van der Waals surface area (Å²) in [5, 5.41) is 15.2. The number of aliphatic hydroxyl groups is 1. The molecule has 0 atom stereocenters. The molecule has 0 aliphatic carbocycles. The Hall–Kier alpha value is -1.40. The molecule has 3 N–H and O–H groups in total. The maximum Gasteiger partial charge on any atom is 0.238 e. The first-order valence-electron chi connectivity index (χ1n) is 6.28. The summed E-state index contributed by atoms with van der Waals surface area (Å²) >= 11 is 6.10. The number of aliphatic hydroxyl groups excluding tert-OH is 1. The molecule has 2 aromatic carbocycles. The van der Waals surface area contributed by atoms with E-state index in [9.17, 15) is 13.5 Å². The summed E-state index contributed by atoms with van der Waals surface area (Å²) in [6.07, 6.45) is 0. The molecule has 0 unspecified atom stereocenters. The lowest BCUT2D eigenvalue weighted by atomic mass is 9.94. The molecule has 0 bridgehead atoms. The second-order valence-electron chi connectivity index (χ2n) is 4.90. The fourth-order valence-electron chi connectivity index (χ4n) is 2.36. The molecule has 6 heteroatoms. The average Bonchev–Trinajstić information content (AvgIpc) is 2.39. The molecule has 4 nitrogen and oxygen atoms in total. The lowest BCUT2D eigenvalue weighted by Crippen LogP contribution is -2.14. The minimum Gasteiger partial charge on any atom is -0.392 e. The highest BCUT2D eigenvalue weighted by molar-refractivity contribution is 7.89. The monoisotopic (exact) mass is 325 g/mol. The lowest BCUT2D eigenvalue weighted by molar-refractivity contribution is 0.282. The van der Waals surface area contributed by atoms with Crippen LogP contribution in [0.4, 0.5) is 0 Å². The van der Waals surface area contributed by atoms with Crippen molar-refractivity contribution in [1.29, 1.82) is 0 Å². The zero-order valence-electron chi connectivity index (χ0n) is 11.7. The van der Waals surface area contributed by atoms with Crippen molar-refractivity contribution in [3.63, 3.8) is 0 Å². The van der Waals surface area contributed by atoms with E-state index >= 15 is 0 Å². The quantitative estimate of drug-likeness (QED) is 0.910. The molecular weight excluding hydrogens is 310 g/mol. The molecule has 0 aliphatic heterocycles. The van der Waals surface area contributed by atoms with Crippen molar-refractivity contribution in [2.45, 2.75) is 25.3 Å². The molecule has 0 saturated carbocycles. The second-order valence-corrected chi connectivity index (χ2v) is 6.84. The Kier molecular flexibility index (Phi) is 4.39. The van der Waals surface area contributed by atoms with Crippen molar-refractivity contribution in [2.24, 2.45) is 5.14 Å². The summed E-state index contributed by atoms with van der Waals surface area (Å²) in [6.45, 7) is 3.29. The van der Waals surface area contributed by atoms with Crippen LogP contribution in [-0.4, -0.2) is 13.5 Å². The van der Waals surface area contributed by atoms with Crippen molar-refractivity contribution in [1.82, 2.24) is 0 Å². The first kappa shape index (κ1) is 16.0. The third kappa shape index (κ3) is 3.11. The predicted molar refractivity (Wildman–Crippen MR) is 83.7 cm³/mol. The van der Waals surface area contributed by atoms with Gasteiger partial charge in [-0.3, -0.25) is 0 Å². The van der Waals surface area contributed by atoms with Gasteiger partial charge >= 0.3 is 0 Å². The van der Waals surface area contributed by atoms with E-state index in [0.29, 0.717) is 16.1 Å². The van der Waals surface area contributed by atoms with Crippen molar-refractivity contribution in [2.75, 3.05) is 0 Å². The molecule has 0 heterocycles. The molecule has 0 fully saturated rings. The molecule has 0 saturated heterocycles. The summed E-state index contributed by atoms with van der Waals surface area (Å²) in [4.78, 5) is 0.108. The standard InChI is InChI=1S/C15H16ClNO3S/c1-9-7-15(21(17,19)20)10(2)6-12(9)11-4-3-5-14(16)13(11)8-18/h3-7,18H,8H2,1-2H3,(H2,17,19,20). The molecule has 21 heavy (non-hydrogen) atoms. The second kappa shape index (κ2) is 5.77. The van der Waals surface area contributed by atoms with Gasteiger partial charge in [0, 0.05) is 10.6 Å². The van der Waals surface area contributed by atoms with E-state index in [2.05, 4.69) is 0 Å². The normalized spacial score (nSPS) is 11.7. The third-order valence-corrected chi connectivity index (χ3v) is 4.80. The molecule has 0 aromatic heterocycles. The summed E-state index contributed by atoms with van der Waals surface area (Å²) in [5.41, 5.74) is 3.53. The molecule has 0 spiro atoms. The number of hydrogen-bond acceptors (Lipinski definition) is 3. The zero-order valence-corrected chi connectivity index (χ0v) is 13.3. The minimum atomic E-state index is -3.75. The zero-order chi connectivity index (χ0) is 15.8. The number of aryl methyl sites for hydroxylation is 2. The van der Waals surface area contributed by atoms with E-state index < -0.39 is 10.0 Å². The highest BCUT2D eigenvalue weighted by Gasteiger charge is 2.16. The van der Waals surface area contributed by atoms with E-state index in [0.717, 1.165) is 16.7 Å². The molecule has 112 valence electrons. The van der Waals surface area contributed by atoms with Crippen LogP contribution in [0.1, 0.15) is 16.7 Å². The van der Waals surface area contributed by atoms with Gasteiger partial charge in [0.2, 0.25) is 10.0 Å². The lowest BCUT2D eigenvalue weighted by Gasteiger charge is -2.14. The smallest absolute Gasteiger partial charge is 0.238 e. The summed E-state index contributed by atoms with van der Waals surface area (Å²) in [7, 11) is -3.75. The van der Waals surface area contributed by atoms with Gasteiger partial charge in [0.1, 0.15) is 0 Å². The van der Waals surface area contributed by atoms with Crippen LogP contribution in [0.25, 0.3) is 11.1 Å². The molecular formula is C15H16ClNO3S. The van der Waals surface area contributed by atoms with Crippen molar-refractivity contribution in [3.8, 4) is 11.1 Å². The van der Waals surface area contributed by atoms with Crippen LogP contribution >= 0.6 is 11.6 Å². The minimum absolute atomic E-state index is 0.108. The van der Waals surface area contributed by atoms with Gasteiger partial charge in [-0.15, -0.1) is 0 Å². The Bertz CT molecular complexity index is 801. The van der Waals surface area contributed by atoms with Crippen molar-refractivity contribution in [3.05, 3.63) is 52.0 Å². The number of benzene rings is 2. The third-order valence-electron chi connectivity index (χ3n) is 3.40. The van der Waals surface area contributed by atoms with E-state index in [-0.39, 0.29) is 11.5 Å². The SMILES string of the molecule is Cc1cc(S(N)(=O)=O)c(C)cc1-c1cccc(Cl)c1CO.